The van der Waals surface area contributed by atoms with Crippen LogP contribution in [0, 0.1) is 5.92 Å². The van der Waals surface area contributed by atoms with Crippen molar-refractivity contribution in [2.75, 3.05) is 18.8 Å². The number of piperidine rings is 1. The van der Waals surface area contributed by atoms with E-state index in [1.807, 2.05) is 25.1 Å². The molecular weight excluding hydrogens is 248 g/mol. The highest BCUT2D eigenvalue weighted by Crippen LogP contribution is 2.27. The van der Waals surface area contributed by atoms with Gasteiger partial charge in [-0.2, -0.15) is 0 Å². The van der Waals surface area contributed by atoms with Gasteiger partial charge in [0.25, 0.3) is 0 Å². The van der Waals surface area contributed by atoms with E-state index in [-0.39, 0.29) is 6.10 Å². The minimum atomic E-state index is -0.197. The molecule has 1 saturated heterocycles. The van der Waals surface area contributed by atoms with Crippen molar-refractivity contribution in [1.29, 1.82) is 0 Å². The smallest absolute Gasteiger partial charge is 0.0541 e. The molecule has 0 aromatic heterocycles. The van der Waals surface area contributed by atoms with Crippen LogP contribution in [-0.4, -0.2) is 29.2 Å². The van der Waals surface area contributed by atoms with E-state index in [4.69, 9.17) is 17.3 Å². The lowest BCUT2D eigenvalue weighted by atomic mass is 9.92. The summed E-state index contributed by atoms with van der Waals surface area (Å²) >= 11 is 6.18. The van der Waals surface area contributed by atoms with E-state index in [0.717, 1.165) is 48.7 Å². The van der Waals surface area contributed by atoms with Crippen LogP contribution < -0.4 is 5.73 Å². The Morgan fingerprint density at radius 3 is 2.67 bits per heavy atom. The highest BCUT2D eigenvalue weighted by Gasteiger charge is 2.23. The van der Waals surface area contributed by atoms with E-state index in [2.05, 4.69) is 4.90 Å². The molecule has 18 heavy (non-hydrogen) atoms. The quantitative estimate of drug-likeness (QED) is 0.829. The molecule has 1 atom stereocenters. The third kappa shape index (κ3) is 3.16. The fraction of sp³-hybridized carbons (Fsp3) is 0.571. The van der Waals surface area contributed by atoms with E-state index in [9.17, 15) is 5.11 Å². The van der Waals surface area contributed by atoms with Gasteiger partial charge in [0.15, 0.2) is 0 Å². The molecule has 1 aromatic rings. The van der Waals surface area contributed by atoms with Gasteiger partial charge in [-0.3, -0.25) is 4.90 Å². The maximum absolute atomic E-state index is 9.58. The number of aliphatic hydroxyl groups is 1. The summed E-state index contributed by atoms with van der Waals surface area (Å²) < 4.78 is 0. The van der Waals surface area contributed by atoms with Crippen molar-refractivity contribution < 1.29 is 5.11 Å². The second-order valence-electron chi connectivity index (χ2n) is 5.16. The van der Waals surface area contributed by atoms with Gasteiger partial charge in [0.2, 0.25) is 0 Å². The summed E-state index contributed by atoms with van der Waals surface area (Å²) in [4.78, 5) is 2.36. The average molecular weight is 269 g/mol. The predicted molar refractivity (Wildman–Crippen MR) is 75.5 cm³/mol. The summed E-state index contributed by atoms with van der Waals surface area (Å²) in [5.74, 6) is 0.435. The van der Waals surface area contributed by atoms with E-state index >= 15 is 0 Å². The molecule has 1 aliphatic heterocycles. The summed E-state index contributed by atoms with van der Waals surface area (Å²) in [5.41, 5.74) is 7.75. The molecule has 1 aromatic carbocycles. The Hall–Kier alpha value is -0.770. The summed E-state index contributed by atoms with van der Waals surface area (Å²) in [6.45, 7) is 4.69. The van der Waals surface area contributed by atoms with E-state index < -0.39 is 0 Å². The normalized spacial score (nSPS) is 19.9. The Kier molecular flexibility index (Phi) is 4.49. The van der Waals surface area contributed by atoms with Gasteiger partial charge in [-0.05, 0) is 50.9 Å². The van der Waals surface area contributed by atoms with Gasteiger partial charge in [-0.1, -0.05) is 17.7 Å². The lowest BCUT2D eigenvalue weighted by Gasteiger charge is -2.33. The lowest BCUT2D eigenvalue weighted by molar-refractivity contribution is 0.0696. The van der Waals surface area contributed by atoms with Crippen LogP contribution in [0.3, 0.4) is 0 Å². The first-order valence-corrected chi connectivity index (χ1v) is 6.89. The standard InChI is InChI=1S/C14H21ClN2O/c1-10(18)11-5-7-17(8-6-11)9-12-13(15)3-2-4-14(12)16/h2-4,10-11,18H,5-9,16H2,1H3. The maximum atomic E-state index is 9.58. The zero-order valence-corrected chi connectivity index (χ0v) is 11.5. The number of hydrogen-bond acceptors (Lipinski definition) is 3. The van der Waals surface area contributed by atoms with Gasteiger partial charge in [0, 0.05) is 22.8 Å². The SMILES string of the molecule is CC(O)C1CCN(Cc2c(N)cccc2Cl)CC1. The monoisotopic (exact) mass is 268 g/mol. The Morgan fingerprint density at radius 1 is 1.44 bits per heavy atom. The number of rotatable bonds is 3. The van der Waals surface area contributed by atoms with Gasteiger partial charge >= 0.3 is 0 Å². The molecule has 3 nitrogen and oxygen atoms in total. The number of hydrogen-bond donors (Lipinski definition) is 2. The average Bonchev–Trinajstić information content (AvgIpc) is 2.34. The highest BCUT2D eigenvalue weighted by molar-refractivity contribution is 6.31. The number of anilines is 1. The van der Waals surface area contributed by atoms with E-state index in [1.165, 1.54) is 0 Å². The van der Waals surface area contributed by atoms with Crippen LogP contribution in [0.15, 0.2) is 18.2 Å². The van der Waals surface area contributed by atoms with E-state index in [0.29, 0.717) is 5.92 Å². The van der Waals surface area contributed by atoms with Crippen molar-refractivity contribution in [2.45, 2.75) is 32.4 Å². The summed E-state index contributed by atoms with van der Waals surface area (Å²) in [6, 6.07) is 5.65. The highest BCUT2D eigenvalue weighted by atomic mass is 35.5. The van der Waals surface area contributed by atoms with E-state index in [1.54, 1.807) is 0 Å². The summed E-state index contributed by atoms with van der Waals surface area (Å²) in [6.07, 6.45) is 1.89. The first-order valence-electron chi connectivity index (χ1n) is 6.51. The summed E-state index contributed by atoms with van der Waals surface area (Å²) in [5, 5.41) is 10.3. The number of likely N-dealkylation sites (tertiary alicyclic amines) is 1. The van der Waals surface area contributed by atoms with Gasteiger partial charge < -0.3 is 10.8 Å². The third-order valence-electron chi connectivity index (χ3n) is 3.85. The number of nitrogen functional groups attached to an aromatic ring is 1. The Balaban J connectivity index is 1.96. The largest absolute Gasteiger partial charge is 0.398 e. The van der Waals surface area contributed by atoms with Crippen LogP contribution >= 0.6 is 11.6 Å². The van der Waals surface area contributed by atoms with Crippen molar-refractivity contribution in [2.24, 2.45) is 5.92 Å². The molecule has 2 rings (SSSR count). The molecule has 1 fully saturated rings. The Bertz CT molecular complexity index is 381. The van der Waals surface area contributed by atoms with Crippen LogP contribution in [0.4, 0.5) is 5.69 Å². The van der Waals surface area contributed by atoms with Crippen LogP contribution in [0.5, 0.6) is 0 Å². The molecule has 0 aliphatic carbocycles. The minimum absolute atomic E-state index is 0.197. The summed E-state index contributed by atoms with van der Waals surface area (Å²) in [7, 11) is 0. The first-order chi connectivity index (χ1) is 8.58. The second kappa shape index (κ2) is 5.91. The van der Waals surface area contributed by atoms with Gasteiger partial charge in [0.1, 0.15) is 0 Å². The number of aliphatic hydroxyl groups excluding tert-OH is 1. The second-order valence-corrected chi connectivity index (χ2v) is 5.57. The first kappa shape index (κ1) is 13.7. The van der Waals surface area contributed by atoms with Gasteiger partial charge in [-0.25, -0.2) is 0 Å². The Labute approximate surface area is 114 Å². The van der Waals surface area contributed by atoms with Crippen molar-refractivity contribution in [3.05, 3.63) is 28.8 Å². The van der Waals surface area contributed by atoms with Crippen molar-refractivity contribution in [3.63, 3.8) is 0 Å². The molecule has 0 saturated carbocycles. The maximum Gasteiger partial charge on any atom is 0.0541 e. The topological polar surface area (TPSA) is 49.5 Å². The van der Waals surface area contributed by atoms with Crippen molar-refractivity contribution in [1.82, 2.24) is 4.90 Å². The Morgan fingerprint density at radius 2 is 2.11 bits per heavy atom. The molecule has 0 amide bonds. The number of nitrogens with two attached hydrogens (primary N) is 1. The fourth-order valence-corrected chi connectivity index (χ4v) is 2.80. The molecule has 0 radical (unpaired) electrons. The molecule has 0 spiro atoms. The molecule has 1 heterocycles. The predicted octanol–water partition coefficient (Wildman–Crippen LogP) is 2.52. The lowest BCUT2D eigenvalue weighted by Crippen LogP contribution is -2.36. The number of nitrogens with zero attached hydrogens (tertiary/aromatic N) is 1. The van der Waals surface area contributed by atoms with Crippen LogP contribution in [0.2, 0.25) is 5.02 Å². The molecule has 4 heteroatoms. The minimum Gasteiger partial charge on any atom is -0.398 e. The zero-order valence-electron chi connectivity index (χ0n) is 10.8. The van der Waals surface area contributed by atoms with Crippen molar-refractivity contribution in [3.8, 4) is 0 Å². The molecular formula is C14H21ClN2O. The fourth-order valence-electron chi connectivity index (χ4n) is 2.56. The molecule has 100 valence electrons. The van der Waals surface area contributed by atoms with Crippen molar-refractivity contribution >= 4 is 17.3 Å². The van der Waals surface area contributed by atoms with Gasteiger partial charge in [0.05, 0.1) is 6.10 Å². The third-order valence-corrected chi connectivity index (χ3v) is 4.21. The van der Waals surface area contributed by atoms with Crippen LogP contribution in [0.25, 0.3) is 0 Å². The number of halogens is 1. The molecule has 0 bridgehead atoms. The zero-order chi connectivity index (χ0) is 13.1. The molecule has 1 aliphatic rings. The molecule has 1 unspecified atom stereocenters. The van der Waals surface area contributed by atoms with Gasteiger partial charge in [-0.15, -0.1) is 0 Å². The van der Waals surface area contributed by atoms with Crippen LogP contribution in [0.1, 0.15) is 25.3 Å². The number of benzene rings is 1. The molecule has 3 N–H and O–H groups in total. The van der Waals surface area contributed by atoms with Crippen LogP contribution in [-0.2, 0) is 6.54 Å².